The molecule has 3 rings (SSSR count). The van der Waals surface area contributed by atoms with Gasteiger partial charge in [-0.2, -0.15) is 12.1 Å². The van der Waals surface area contributed by atoms with Crippen LogP contribution in [-0.2, 0) is 28.4 Å². The van der Waals surface area contributed by atoms with Crippen LogP contribution in [-0.4, -0.2) is 5.91 Å². The topological polar surface area (TPSA) is 20.3 Å². The molecule has 0 unspecified atom stereocenters. The van der Waals surface area contributed by atoms with E-state index in [1.807, 2.05) is 84.9 Å². The van der Waals surface area contributed by atoms with E-state index in [0.717, 1.165) is 11.3 Å². The van der Waals surface area contributed by atoms with Crippen molar-refractivity contribution in [1.82, 2.24) is 0 Å². The van der Waals surface area contributed by atoms with Crippen LogP contribution in [0.5, 0.6) is 0 Å². The summed E-state index contributed by atoms with van der Waals surface area (Å²) in [6.45, 7) is 2.22. The van der Waals surface area contributed by atoms with Gasteiger partial charge in [-0.05, 0) is 18.2 Å². The molecule has 3 aromatic carbocycles. The second-order valence-electron chi connectivity index (χ2n) is 4.70. The van der Waals surface area contributed by atoms with Crippen LogP contribution in [0.25, 0.3) is 0 Å². The number of carbonyl (C=O) groups is 1. The maximum atomic E-state index is 11.6. The third kappa shape index (κ3) is 5.72. The van der Waals surface area contributed by atoms with E-state index in [9.17, 15) is 4.79 Å². The molecule has 0 heterocycles. The van der Waals surface area contributed by atoms with Gasteiger partial charge in [0.05, 0.1) is 0 Å². The first-order valence-electron chi connectivity index (χ1n) is 6.98. The molecule has 2 nitrogen and oxygen atoms in total. The standard InChI is InChI=1S/C14H14NO.C5H5.Fe/c1-12(16)15(14-9-5-6-10-14)11-13-7-3-2-4-8-13;1-2-4-5-3-1;/h2-10H,11H2,1H3;1-5H;/q-1;-5;. The quantitative estimate of drug-likeness (QED) is 0.515. The molecule has 3 heteroatoms. The van der Waals surface area contributed by atoms with E-state index < -0.39 is 0 Å². The Morgan fingerprint density at radius 2 is 1.45 bits per heavy atom. The minimum absolute atomic E-state index is 0. The van der Waals surface area contributed by atoms with Gasteiger partial charge < -0.3 is 40.0 Å². The molecule has 0 saturated carbocycles. The van der Waals surface area contributed by atoms with Gasteiger partial charge in [0, 0.05) is 23.6 Å². The molecule has 0 radical (unpaired) electrons. The van der Waals surface area contributed by atoms with Crippen LogP contribution in [0, 0.1) is 0 Å². The van der Waals surface area contributed by atoms with Crippen molar-refractivity contribution in [3.05, 3.63) is 90.5 Å². The van der Waals surface area contributed by atoms with Crippen molar-refractivity contribution >= 4 is 11.6 Å². The van der Waals surface area contributed by atoms with Crippen LogP contribution in [0.1, 0.15) is 12.5 Å². The zero-order chi connectivity index (χ0) is 14.9. The summed E-state index contributed by atoms with van der Waals surface area (Å²) >= 11 is 0. The zero-order valence-corrected chi connectivity index (χ0v) is 13.6. The van der Waals surface area contributed by atoms with E-state index in [1.165, 1.54) is 0 Å². The zero-order valence-electron chi connectivity index (χ0n) is 12.5. The minimum Gasteiger partial charge on any atom is -0.748 e. The number of hydrogen-bond donors (Lipinski definition) is 0. The van der Waals surface area contributed by atoms with E-state index in [4.69, 9.17) is 0 Å². The average molecular weight is 333 g/mol. The second-order valence-corrected chi connectivity index (χ2v) is 4.70. The summed E-state index contributed by atoms with van der Waals surface area (Å²) in [6.07, 6.45) is 0. The Kier molecular flexibility index (Phi) is 7.98. The number of carbonyl (C=O) groups excluding carboxylic acids is 1. The molecule has 0 N–H and O–H groups in total. The predicted molar refractivity (Wildman–Crippen MR) is 87.4 cm³/mol. The van der Waals surface area contributed by atoms with Gasteiger partial charge in [0.1, 0.15) is 5.91 Å². The molecule has 1 amide bonds. The van der Waals surface area contributed by atoms with Gasteiger partial charge in [0.15, 0.2) is 0 Å². The van der Waals surface area contributed by atoms with Crippen LogP contribution in [0.4, 0.5) is 5.69 Å². The predicted octanol–water partition coefficient (Wildman–Crippen LogP) is 4.36. The normalized spacial score (nSPS) is 9.14. The molecule has 0 fully saturated rings. The maximum Gasteiger partial charge on any atom is 0.149 e. The molecule has 0 atom stereocenters. The summed E-state index contributed by atoms with van der Waals surface area (Å²) in [6, 6.07) is 27.8. The second kappa shape index (κ2) is 9.77. The van der Waals surface area contributed by atoms with Crippen molar-refractivity contribution in [3.8, 4) is 0 Å². The molecule has 22 heavy (non-hydrogen) atoms. The maximum absolute atomic E-state index is 11.6. The van der Waals surface area contributed by atoms with Crippen LogP contribution in [0.3, 0.4) is 0 Å². The fourth-order valence-electron chi connectivity index (χ4n) is 2.01. The molecule has 120 valence electrons. The smallest absolute Gasteiger partial charge is 0.149 e. The summed E-state index contributed by atoms with van der Waals surface area (Å²) in [5, 5.41) is 0. The van der Waals surface area contributed by atoms with Gasteiger partial charge in [0.2, 0.25) is 0 Å². The third-order valence-electron chi connectivity index (χ3n) is 3.08. The summed E-state index contributed by atoms with van der Waals surface area (Å²) in [5.41, 5.74) is 2.09. The summed E-state index contributed by atoms with van der Waals surface area (Å²) < 4.78 is 0. The molecule has 0 bridgehead atoms. The van der Waals surface area contributed by atoms with Crippen LogP contribution >= 0.6 is 0 Å². The summed E-state index contributed by atoms with van der Waals surface area (Å²) in [4.78, 5) is 13.3. The van der Waals surface area contributed by atoms with Crippen molar-refractivity contribution in [3.63, 3.8) is 0 Å². The number of rotatable bonds is 3. The first-order chi connectivity index (χ1) is 10.3. The van der Waals surface area contributed by atoms with Gasteiger partial charge in [-0.25, -0.2) is 0 Å². The van der Waals surface area contributed by atoms with Gasteiger partial charge in [-0.15, -0.1) is 12.1 Å². The fourth-order valence-corrected chi connectivity index (χ4v) is 2.01. The minimum atomic E-state index is 0. The molecule has 0 aromatic heterocycles. The monoisotopic (exact) mass is 333 g/mol. The molecular weight excluding hydrogens is 314 g/mol. The Morgan fingerprint density at radius 1 is 0.955 bits per heavy atom. The van der Waals surface area contributed by atoms with Crippen LogP contribution in [0.2, 0.25) is 0 Å². The number of anilines is 1. The number of nitrogens with zero attached hydrogens (tertiary/aromatic N) is 1. The van der Waals surface area contributed by atoms with E-state index in [-0.39, 0.29) is 23.0 Å². The van der Waals surface area contributed by atoms with E-state index in [2.05, 4.69) is 0 Å². The Balaban J connectivity index is 0.000000344. The Morgan fingerprint density at radius 3 is 1.91 bits per heavy atom. The molecule has 0 aliphatic heterocycles. The van der Waals surface area contributed by atoms with Crippen LogP contribution < -0.4 is 4.90 Å². The molecule has 0 aliphatic carbocycles. The van der Waals surface area contributed by atoms with Crippen molar-refractivity contribution < 1.29 is 21.9 Å². The van der Waals surface area contributed by atoms with Crippen molar-refractivity contribution in [2.75, 3.05) is 4.90 Å². The number of amides is 1. The third-order valence-corrected chi connectivity index (χ3v) is 3.08. The first kappa shape index (κ1) is 18.0. The van der Waals surface area contributed by atoms with E-state index in [0.29, 0.717) is 6.54 Å². The van der Waals surface area contributed by atoms with E-state index >= 15 is 0 Å². The fraction of sp³-hybridized carbons (Fsp3) is 0.105. The van der Waals surface area contributed by atoms with Crippen LogP contribution in [0.15, 0.2) is 84.9 Å². The molecule has 0 spiro atoms. The molecule has 0 saturated heterocycles. The van der Waals surface area contributed by atoms with Gasteiger partial charge in [-0.3, -0.25) is 0 Å². The van der Waals surface area contributed by atoms with Gasteiger partial charge in [0.25, 0.3) is 0 Å². The van der Waals surface area contributed by atoms with E-state index in [1.54, 1.807) is 11.8 Å². The molecular formula is C19H19FeNO-6. The number of hydrogen-bond acceptors (Lipinski definition) is 1. The van der Waals surface area contributed by atoms with Crippen molar-refractivity contribution in [1.29, 1.82) is 0 Å². The largest absolute Gasteiger partial charge is 0.748 e. The molecule has 3 aromatic rings. The molecule has 0 aliphatic rings. The first-order valence-corrected chi connectivity index (χ1v) is 6.98. The Hall–Kier alpha value is -2.09. The van der Waals surface area contributed by atoms with Crippen molar-refractivity contribution in [2.24, 2.45) is 0 Å². The SMILES string of the molecule is CC(=O)N(Cc1ccccc1)[c-]1cccc1.[Fe].[cH-]1[cH-][cH-][cH-][cH-]1. The number of benzene rings is 1. The average Bonchev–Trinajstić information content (AvgIpc) is 3.21. The Bertz CT molecular complexity index is 598. The van der Waals surface area contributed by atoms with Crippen molar-refractivity contribution in [2.45, 2.75) is 13.5 Å². The summed E-state index contributed by atoms with van der Waals surface area (Å²) in [7, 11) is 0. The van der Waals surface area contributed by atoms with Gasteiger partial charge >= 0.3 is 0 Å². The Labute approximate surface area is 142 Å². The summed E-state index contributed by atoms with van der Waals surface area (Å²) in [5.74, 6) is 0.0649. The van der Waals surface area contributed by atoms with Gasteiger partial charge in [-0.1, -0.05) is 30.3 Å².